The first kappa shape index (κ1) is 19.5. The zero-order valence-corrected chi connectivity index (χ0v) is 16.9. The van der Waals surface area contributed by atoms with E-state index < -0.39 is 0 Å². The molecule has 3 aromatic carbocycles. The van der Waals surface area contributed by atoms with Crippen molar-refractivity contribution in [3.8, 4) is 5.75 Å². The first-order valence-electron chi connectivity index (χ1n) is 9.84. The van der Waals surface area contributed by atoms with E-state index in [1.807, 2.05) is 44.2 Å². The Balaban J connectivity index is 1.80. The van der Waals surface area contributed by atoms with Crippen molar-refractivity contribution < 1.29 is 14.3 Å². The van der Waals surface area contributed by atoms with E-state index in [9.17, 15) is 9.59 Å². The second-order valence-corrected chi connectivity index (χ2v) is 6.93. The van der Waals surface area contributed by atoms with Gasteiger partial charge in [0.25, 0.3) is 11.8 Å². The van der Waals surface area contributed by atoms with Crippen LogP contribution in [-0.4, -0.2) is 18.4 Å². The number of aryl methyl sites for hydroxylation is 1. The quantitative estimate of drug-likeness (QED) is 0.607. The number of benzene rings is 3. The van der Waals surface area contributed by atoms with Gasteiger partial charge in [-0.2, -0.15) is 0 Å². The number of rotatable bonds is 6. The molecular formula is C25H22N2O3. The molecule has 150 valence electrons. The predicted octanol–water partition coefficient (Wildman–Crippen LogP) is 4.79. The minimum absolute atomic E-state index is 0.266. The predicted molar refractivity (Wildman–Crippen MR) is 118 cm³/mol. The standard InChI is InChI=1S/C25H22N2O3/c1-3-30-20-15-13-18(14-16-20)22-23(26-21-12-8-7-9-17(21)2)25(29)27(24(22)28)19-10-5-4-6-11-19/h4-16,26H,3H2,1-2H3. The van der Waals surface area contributed by atoms with Gasteiger partial charge in [-0.15, -0.1) is 0 Å². The third-order valence-corrected chi connectivity index (χ3v) is 4.96. The van der Waals surface area contributed by atoms with Crippen molar-refractivity contribution in [2.75, 3.05) is 16.8 Å². The molecule has 1 aliphatic heterocycles. The molecule has 30 heavy (non-hydrogen) atoms. The number of para-hydroxylation sites is 2. The second-order valence-electron chi connectivity index (χ2n) is 6.93. The van der Waals surface area contributed by atoms with Crippen LogP contribution in [0.5, 0.6) is 5.75 Å². The molecule has 0 saturated heterocycles. The number of carbonyl (C=O) groups is 2. The summed E-state index contributed by atoms with van der Waals surface area (Å²) in [6, 6.07) is 23.9. The van der Waals surface area contributed by atoms with Gasteiger partial charge in [-0.3, -0.25) is 9.59 Å². The highest BCUT2D eigenvalue weighted by atomic mass is 16.5. The molecule has 5 heteroatoms. The lowest BCUT2D eigenvalue weighted by Crippen LogP contribution is -2.32. The smallest absolute Gasteiger partial charge is 0.282 e. The number of hydrogen-bond acceptors (Lipinski definition) is 4. The second kappa shape index (κ2) is 8.25. The number of nitrogens with one attached hydrogen (secondary N) is 1. The summed E-state index contributed by atoms with van der Waals surface area (Å²) in [5.74, 6) is -0.0169. The third-order valence-electron chi connectivity index (χ3n) is 4.96. The molecule has 0 radical (unpaired) electrons. The highest BCUT2D eigenvalue weighted by Gasteiger charge is 2.40. The van der Waals surface area contributed by atoms with E-state index in [2.05, 4.69) is 5.32 Å². The molecule has 0 bridgehead atoms. The summed E-state index contributed by atoms with van der Waals surface area (Å²) in [5, 5.41) is 3.21. The molecular weight excluding hydrogens is 376 g/mol. The van der Waals surface area contributed by atoms with Crippen molar-refractivity contribution in [1.82, 2.24) is 0 Å². The van der Waals surface area contributed by atoms with E-state index >= 15 is 0 Å². The summed E-state index contributed by atoms with van der Waals surface area (Å²) < 4.78 is 5.51. The molecule has 0 unspecified atom stereocenters. The molecule has 1 aliphatic rings. The van der Waals surface area contributed by atoms with Crippen molar-refractivity contribution in [3.63, 3.8) is 0 Å². The molecule has 0 spiro atoms. The molecule has 0 saturated carbocycles. The normalized spacial score (nSPS) is 13.7. The number of amides is 2. The Labute approximate surface area is 175 Å². The number of anilines is 2. The van der Waals surface area contributed by atoms with Gasteiger partial charge in [0.15, 0.2) is 0 Å². The largest absolute Gasteiger partial charge is 0.494 e. The van der Waals surface area contributed by atoms with Gasteiger partial charge in [-0.1, -0.05) is 48.5 Å². The number of imide groups is 1. The zero-order valence-electron chi connectivity index (χ0n) is 16.9. The summed E-state index contributed by atoms with van der Waals surface area (Å²) in [6.45, 7) is 4.43. The highest BCUT2D eigenvalue weighted by molar-refractivity contribution is 6.46. The van der Waals surface area contributed by atoms with Gasteiger partial charge < -0.3 is 10.1 Å². The topological polar surface area (TPSA) is 58.6 Å². The molecule has 1 N–H and O–H groups in total. The Bertz CT molecular complexity index is 1120. The lowest BCUT2D eigenvalue weighted by molar-refractivity contribution is -0.120. The Kier molecular flexibility index (Phi) is 5.35. The van der Waals surface area contributed by atoms with Gasteiger partial charge in [0.2, 0.25) is 0 Å². The van der Waals surface area contributed by atoms with Crippen molar-refractivity contribution in [1.29, 1.82) is 0 Å². The van der Waals surface area contributed by atoms with E-state index in [1.54, 1.807) is 48.5 Å². The summed E-state index contributed by atoms with van der Waals surface area (Å²) in [4.78, 5) is 27.9. The average Bonchev–Trinajstić information content (AvgIpc) is 3.01. The van der Waals surface area contributed by atoms with Crippen LogP contribution in [0.1, 0.15) is 18.1 Å². The SMILES string of the molecule is CCOc1ccc(C2=C(Nc3ccccc3C)C(=O)N(c3ccccc3)C2=O)cc1. The van der Waals surface area contributed by atoms with Gasteiger partial charge in [0.1, 0.15) is 11.4 Å². The molecule has 1 heterocycles. The fourth-order valence-electron chi connectivity index (χ4n) is 3.46. The first-order chi connectivity index (χ1) is 14.6. The highest BCUT2D eigenvalue weighted by Crippen LogP contribution is 2.34. The fourth-order valence-corrected chi connectivity index (χ4v) is 3.46. The van der Waals surface area contributed by atoms with Crippen molar-refractivity contribution >= 4 is 28.8 Å². The van der Waals surface area contributed by atoms with Crippen LogP contribution in [0, 0.1) is 6.92 Å². The Hall–Kier alpha value is -3.86. The number of ether oxygens (including phenoxy) is 1. The van der Waals surface area contributed by atoms with Crippen LogP contribution >= 0.6 is 0 Å². The summed E-state index contributed by atoms with van der Waals surface area (Å²) in [5.41, 5.74) is 3.57. The zero-order chi connectivity index (χ0) is 21.1. The van der Waals surface area contributed by atoms with Crippen LogP contribution in [0.4, 0.5) is 11.4 Å². The first-order valence-corrected chi connectivity index (χ1v) is 9.84. The van der Waals surface area contributed by atoms with E-state index in [4.69, 9.17) is 4.74 Å². The third kappa shape index (κ3) is 3.57. The molecule has 3 aromatic rings. The molecule has 0 aromatic heterocycles. The van der Waals surface area contributed by atoms with Gasteiger partial charge in [-0.25, -0.2) is 4.90 Å². The van der Waals surface area contributed by atoms with E-state index in [0.29, 0.717) is 29.2 Å². The van der Waals surface area contributed by atoms with Gasteiger partial charge in [-0.05, 0) is 55.3 Å². The Morgan fingerprint density at radius 1 is 0.833 bits per heavy atom. The maximum absolute atomic E-state index is 13.4. The molecule has 5 nitrogen and oxygen atoms in total. The molecule has 4 rings (SSSR count). The number of hydrogen-bond donors (Lipinski definition) is 1. The van der Waals surface area contributed by atoms with Gasteiger partial charge >= 0.3 is 0 Å². The van der Waals surface area contributed by atoms with E-state index in [1.165, 1.54) is 4.90 Å². The molecule has 0 aliphatic carbocycles. The molecule has 2 amide bonds. The van der Waals surface area contributed by atoms with Crippen LogP contribution in [0.2, 0.25) is 0 Å². The monoisotopic (exact) mass is 398 g/mol. The minimum Gasteiger partial charge on any atom is -0.494 e. The van der Waals surface area contributed by atoms with Gasteiger partial charge in [0.05, 0.1) is 17.9 Å². The van der Waals surface area contributed by atoms with E-state index in [-0.39, 0.29) is 17.5 Å². The van der Waals surface area contributed by atoms with Crippen LogP contribution in [0.25, 0.3) is 5.57 Å². The van der Waals surface area contributed by atoms with Crippen molar-refractivity contribution in [2.24, 2.45) is 0 Å². The lowest BCUT2D eigenvalue weighted by Gasteiger charge is -2.15. The van der Waals surface area contributed by atoms with Gasteiger partial charge in [0, 0.05) is 5.69 Å². The maximum Gasteiger partial charge on any atom is 0.282 e. The maximum atomic E-state index is 13.4. The molecule has 0 fully saturated rings. The van der Waals surface area contributed by atoms with Crippen LogP contribution < -0.4 is 15.0 Å². The van der Waals surface area contributed by atoms with Crippen molar-refractivity contribution in [3.05, 3.63) is 95.7 Å². The average molecular weight is 398 g/mol. The number of nitrogens with zero attached hydrogens (tertiary/aromatic N) is 1. The summed E-state index contributed by atoms with van der Waals surface area (Å²) in [7, 11) is 0. The lowest BCUT2D eigenvalue weighted by atomic mass is 10.0. The minimum atomic E-state index is -0.377. The summed E-state index contributed by atoms with van der Waals surface area (Å²) in [6.07, 6.45) is 0. The fraction of sp³-hybridized carbons (Fsp3) is 0.120. The van der Waals surface area contributed by atoms with Crippen LogP contribution in [0.15, 0.2) is 84.6 Å². The Morgan fingerprint density at radius 2 is 1.50 bits per heavy atom. The van der Waals surface area contributed by atoms with Crippen LogP contribution in [0.3, 0.4) is 0 Å². The van der Waals surface area contributed by atoms with Crippen molar-refractivity contribution in [2.45, 2.75) is 13.8 Å². The van der Waals surface area contributed by atoms with E-state index in [0.717, 1.165) is 11.3 Å². The van der Waals surface area contributed by atoms with Crippen LogP contribution in [-0.2, 0) is 9.59 Å². The Morgan fingerprint density at radius 3 is 2.17 bits per heavy atom. The number of carbonyl (C=O) groups excluding carboxylic acids is 2. The molecule has 0 atom stereocenters. The summed E-state index contributed by atoms with van der Waals surface area (Å²) >= 11 is 0.